The van der Waals surface area contributed by atoms with E-state index < -0.39 is 0 Å². The highest BCUT2D eigenvalue weighted by Gasteiger charge is 2.01. The van der Waals surface area contributed by atoms with Crippen LogP contribution in [0.1, 0.15) is 12.0 Å². The van der Waals surface area contributed by atoms with Gasteiger partial charge in [0, 0.05) is 0 Å². The lowest BCUT2D eigenvalue weighted by Crippen LogP contribution is -1.90. The molecule has 0 amide bonds. The van der Waals surface area contributed by atoms with Gasteiger partial charge in [-0.3, -0.25) is 0 Å². The van der Waals surface area contributed by atoms with Crippen LogP contribution in [0.4, 0.5) is 0 Å². The van der Waals surface area contributed by atoms with Crippen molar-refractivity contribution in [2.45, 2.75) is 12.8 Å². The van der Waals surface area contributed by atoms with Gasteiger partial charge in [-0.1, -0.05) is 29.3 Å². The van der Waals surface area contributed by atoms with Crippen molar-refractivity contribution >= 4 is 35.8 Å². The third kappa shape index (κ3) is 2.85. The third-order valence-corrected chi connectivity index (χ3v) is 2.35. The van der Waals surface area contributed by atoms with E-state index in [1.165, 1.54) is 0 Å². The summed E-state index contributed by atoms with van der Waals surface area (Å²) in [4.78, 5) is 3.93. The number of hydrogen-bond acceptors (Lipinski definition) is 2. The Hall–Kier alpha value is 0.0800. The van der Waals surface area contributed by atoms with Crippen molar-refractivity contribution in [1.82, 2.24) is 4.98 Å². The first kappa shape index (κ1) is 10.2. The quantitative estimate of drug-likeness (QED) is 0.611. The van der Waals surface area contributed by atoms with Crippen LogP contribution in [0.25, 0.3) is 0 Å². The van der Waals surface area contributed by atoms with Crippen LogP contribution in [0.5, 0.6) is 0 Å². The smallest absolute Gasteiger partial charge is 0.134 e. The van der Waals surface area contributed by atoms with Crippen molar-refractivity contribution in [1.29, 1.82) is 0 Å². The van der Waals surface area contributed by atoms with Gasteiger partial charge in [-0.2, -0.15) is 12.6 Å². The Morgan fingerprint density at radius 2 is 2.08 bits per heavy atom. The molecule has 66 valence electrons. The fraction of sp³-hybridized carbons (Fsp3) is 0.375. The minimum atomic E-state index is 0.439. The molecule has 0 fully saturated rings. The fourth-order valence-corrected chi connectivity index (χ4v) is 1.49. The summed E-state index contributed by atoms with van der Waals surface area (Å²) < 4.78 is 0. The standard InChI is InChI=1S/C8H9Cl2NS/c9-7-4-3-6(2-1-5-12)8(10)11-7/h3-4,12H,1-2,5H2. The molecular formula is C8H9Cl2NS. The lowest BCUT2D eigenvalue weighted by Gasteiger charge is -2.01. The molecule has 1 heterocycles. The number of aryl methyl sites for hydroxylation is 1. The minimum absolute atomic E-state index is 0.439. The Morgan fingerprint density at radius 3 is 2.67 bits per heavy atom. The molecule has 1 aromatic heterocycles. The van der Waals surface area contributed by atoms with Gasteiger partial charge in [0.05, 0.1) is 0 Å². The molecule has 0 saturated carbocycles. The summed E-state index contributed by atoms with van der Waals surface area (Å²) in [6, 6.07) is 3.66. The first-order valence-electron chi connectivity index (χ1n) is 3.66. The number of rotatable bonds is 3. The van der Waals surface area contributed by atoms with Crippen LogP contribution in [0.3, 0.4) is 0 Å². The van der Waals surface area contributed by atoms with Crippen LogP contribution in [-0.2, 0) is 6.42 Å². The van der Waals surface area contributed by atoms with Crippen molar-refractivity contribution in [3.8, 4) is 0 Å². The van der Waals surface area contributed by atoms with E-state index in [-0.39, 0.29) is 0 Å². The molecule has 12 heavy (non-hydrogen) atoms. The zero-order valence-corrected chi connectivity index (χ0v) is 8.83. The average molecular weight is 222 g/mol. The van der Waals surface area contributed by atoms with E-state index in [0.717, 1.165) is 24.2 Å². The molecule has 4 heteroatoms. The lowest BCUT2D eigenvalue weighted by molar-refractivity contribution is 0.927. The SMILES string of the molecule is SCCCc1ccc(Cl)nc1Cl. The summed E-state index contributed by atoms with van der Waals surface area (Å²) in [7, 11) is 0. The molecule has 1 aromatic rings. The summed E-state index contributed by atoms with van der Waals surface area (Å²) in [5, 5.41) is 0.943. The highest BCUT2D eigenvalue weighted by atomic mass is 35.5. The van der Waals surface area contributed by atoms with Crippen LogP contribution in [0, 0.1) is 0 Å². The second-order valence-corrected chi connectivity index (χ2v) is 3.60. The van der Waals surface area contributed by atoms with Crippen LogP contribution in [-0.4, -0.2) is 10.7 Å². The highest BCUT2D eigenvalue weighted by Crippen LogP contribution is 2.17. The van der Waals surface area contributed by atoms with Gasteiger partial charge in [0.25, 0.3) is 0 Å². The monoisotopic (exact) mass is 221 g/mol. The Balaban J connectivity index is 2.72. The second-order valence-electron chi connectivity index (χ2n) is 2.41. The molecule has 1 nitrogen and oxygen atoms in total. The topological polar surface area (TPSA) is 12.9 Å². The fourth-order valence-electron chi connectivity index (χ4n) is 0.897. The molecule has 0 atom stereocenters. The summed E-state index contributed by atoms with van der Waals surface area (Å²) in [6.45, 7) is 0. The van der Waals surface area contributed by atoms with Gasteiger partial charge in [-0.05, 0) is 30.2 Å². The molecule has 0 aliphatic rings. The zero-order valence-electron chi connectivity index (χ0n) is 6.43. The van der Waals surface area contributed by atoms with Crippen LogP contribution < -0.4 is 0 Å². The predicted octanol–water partition coefficient (Wildman–Crippen LogP) is 3.25. The number of halogens is 2. The molecule has 0 unspecified atom stereocenters. The number of aromatic nitrogens is 1. The van der Waals surface area contributed by atoms with E-state index in [0.29, 0.717) is 10.3 Å². The minimum Gasteiger partial charge on any atom is -0.224 e. The van der Waals surface area contributed by atoms with E-state index in [1.807, 2.05) is 6.07 Å². The Morgan fingerprint density at radius 1 is 1.33 bits per heavy atom. The van der Waals surface area contributed by atoms with Crippen molar-refractivity contribution in [2.24, 2.45) is 0 Å². The van der Waals surface area contributed by atoms with Gasteiger partial charge in [0.2, 0.25) is 0 Å². The predicted molar refractivity (Wildman–Crippen MR) is 56.4 cm³/mol. The molecule has 0 saturated heterocycles. The van der Waals surface area contributed by atoms with E-state index >= 15 is 0 Å². The molecular weight excluding hydrogens is 213 g/mol. The largest absolute Gasteiger partial charge is 0.224 e. The van der Waals surface area contributed by atoms with Crippen LogP contribution in [0.2, 0.25) is 10.3 Å². The maximum atomic E-state index is 5.84. The second kappa shape index (κ2) is 4.95. The normalized spacial score (nSPS) is 10.2. The number of thiol groups is 1. The van der Waals surface area contributed by atoms with Crippen molar-refractivity contribution < 1.29 is 0 Å². The molecule has 0 aliphatic heterocycles. The van der Waals surface area contributed by atoms with Gasteiger partial charge in [-0.25, -0.2) is 4.98 Å². The van der Waals surface area contributed by atoms with Gasteiger partial charge < -0.3 is 0 Å². The average Bonchev–Trinajstić information content (AvgIpc) is 2.03. The molecule has 0 aromatic carbocycles. The van der Waals surface area contributed by atoms with Crippen LogP contribution in [0.15, 0.2) is 12.1 Å². The van der Waals surface area contributed by atoms with E-state index in [2.05, 4.69) is 17.6 Å². The third-order valence-electron chi connectivity index (χ3n) is 1.50. The number of nitrogens with zero attached hydrogens (tertiary/aromatic N) is 1. The van der Waals surface area contributed by atoms with E-state index in [9.17, 15) is 0 Å². The van der Waals surface area contributed by atoms with E-state index in [4.69, 9.17) is 23.2 Å². The summed E-state index contributed by atoms with van der Waals surface area (Å²) in [5.41, 5.74) is 1.04. The summed E-state index contributed by atoms with van der Waals surface area (Å²) in [6.07, 6.45) is 1.92. The number of hydrogen-bond donors (Lipinski definition) is 1. The molecule has 1 rings (SSSR count). The van der Waals surface area contributed by atoms with Gasteiger partial charge in [0.15, 0.2) is 0 Å². The Kier molecular flexibility index (Phi) is 4.19. The Bertz CT molecular complexity index is 265. The molecule has 0 N–H and O–H groups in total. The molecule has 0 radical (unpaired) electrons. The first-order valence-corrected chi connectivity index (χ1v) is 5.04. The lowest BCUT2D eigenvalue weighted by atomic mass is 10.2. The van der Waals surface area contributed by atoms with Gasteiger partial charge >= 0.3 is 0 Å². The van der Waals surface area contributed by atoms with Gasteiger partial charge in [-0.15, -0.1) is 0 Å². The molecule has 0 bridgehead atoms. The van der Waals surface area contributed by atoms with Gasteiger partial charge in [0.1, 0.15) is 10.3 Å². The van der Waals surface area contributed by atoms with Crippen molar-refractivity contribution in [3.05, 3.63) is 28.0 Å². The number of pyridine rings is 1. The summed E-state index contributed by atoms with van der Waals surface area (Å²) >= 11 is 15.6. The van der Waals surface area contributed by atoms with Crippen LogP contribution >= 0.6 is 35.8 Å². The first-order chi connectivity index (χ1) is 5.74. The maximum Gasteiger partial charge on any atom is 0.134 e. The molecule has 0 spiro atoms. The molecule has 0 aliphatic carbocycles. The van der Waals surface area contributed by atoms with E-state index in [1.54, 1.807) is 6.07 Å². The summed E-state index contributed by atoms with van der Waals surface area (Å²) in [5.74, 6) is 0.860. The van der Waals surface area contributed by atoms with Crippen molar-refractivity contribution in [2.75, 3.05) is 5.75 Å². The highest BCUT2D eigenvalue weighted by molar-refractivity contribution is 7.80. The Labute approximate surface area is 87.5 Å². The van der Waals surface area contributed by atoms with Crippen molar-refractivity contribution in [3.63, 3.8) is 0 Å². The maximum absolute atomic E-state index is 5.84. The zero-order chi connectivity index (χ0) is 8.97.